The zero-order chi connectivity index (χ0) is 12.4. The van der Waals surface area contributed by atoms with Gasteiger partial charge in [-0.1, -0.05) is 0 Å². The van der Waals surface area contributed by atoms with Gasteiger partial charge in [-0.05, 0) is 18.2 Å². The third-order valence-electron chi connectivity index (χ3n) is 2.45. The van der Waals surface area contributed by atoms with E-state index >= 15 is 0 Å². The van der Waals surface area contributed by atoms with Gasteiger partial charge in [-0.3, -0.25) is 9.36 Å². The molecule has 0 aliphatic heterocycles. The van der Waals surface area contributed by atoms with Crippen molar-refractivity contribution in [2.45, 2.75) is 0 Å². The molecule has 0 aliphatic rings. The minimum absolute atomic E-state index is 0.0737. The summed E-state index contributed by atoms with van der Waals surface area (Å²) < 4.78 is 6.96. The number of ether oxygens (including phenoxy) is 1. The van der Waals surface area contributed by atoms with Gasteiger partial charge in [0.2, 0.25) is 5.91 Å². The second-order valence-corrected chi connectivity index (χ2v) is 3.59. The van der Waals surface area contributed by atoms with Crippen LogP contribution in [0, 0.1) is 0 Å². The van der Waals surface area contributed by atoms with Crippen molar-refractivity contribution in [3.8, 4) is 6.01 Å². The first-order valence-electron chi connectivity index (χ1n) is 5.13. The number of aliphatic hydroxyl groups excluding tert-OH is 1. The van der Waals surface area contributed by atoms with E-state index in [2.05, 4.69) is 4.98 Å². The predicted molar refractivity (Wildman–Crippen MR) is 61.8 cm³/mol. The van der Waals surface area contributed by atoms with E-state index in [-0.39, 0.29) is 13.2 Å². The number of amides is 1. The Morgan fingerprint density at radius 1 is 1.59 bits per heavy atom. The highest BCUT2D eigenvalue weighted by Gasteiger charge is 2.10. The second-order valence-electron chi connectivity index (χ2n) is 3.59. The Kier molecular flexibility index (Phi) is 2.97. The molecule has 2 aromatic rings. The number of nitrogens with two attached hydrogens (primary N) is 1. The number of carbonyl (C=O) groups excluding carboxylic acids is 1. The molecule has 6 heteroatoms. The lowest BCUT2D eigenvalue weighted by Crippen LogP contribution is -2.10. The van der Waals surface area contributed by atoms with Crippen LogP contribution < -0.4 is 10.5 Å². The molecule has 1 heterocycles. The number of aryl methyl sites for hydroxylation is 1. The van der Waals surface area contributed by atoms with Crippen molar-refractivity contribution in [2.75, 3.05) is 13.2 Å². The molecule has 0 atom stereocenters. The minimum Gasteiger partial charge on any atom is -0.462 e. The van der Waals surface area contributed by atoms with E-state index in [1.807, 2.05) is 0 Å². The average molecular weight is 235 g/mol. The summed E-state index contributed by atoms with van der Waals surface area (Å²) in [6.07, 6.45) is 0. The molecule has 1 aromatic carbocycles. The van der Waals surface area contributed by atoms with Crippen LogP contribution in [0.15, 0.2) is 18.2 Å². The van der Waals surface area contributed by atoms with Gasteiger partial charge in [0, 0.05) is 12.6 Å². The van der Waals surface area contributed by atoms with Gasteiger partial charge in [0.15, 0.2) is 0 Å². The summed E-state index contributed by atoms with van der Waals surface area (Å²) in [5, 5.41) is 8.69. The number of imidazole rings is 1. The lowest BCUT2D eigenvalue weighted by molar-refractivity contribution is 0.100. The van der Waals surface area contributed by atoms with Gasteiger partial charge in [0.25, 0.3) is 6.01 Å². The third-order valence-corrected chi connectivity index (χ3v) is 2.45. The SMILES string of the molecule is Cn1c(OCCO)nc2ccc(C(N)=O)cc21. The molecule has 0 unspecified atom stereocenters. The molecule has 0 saturated heterocycles. The highest BCUT2D eigenvalue weighted by Crippen LogP contribution is 2.20. The van der Waals surface area contributed by atoms with Crippen LogP contribution in [-0.2, 0) is 7.05 Å². The van der Waals surface area contributed by atoms with Crippen molar-refractivity contribution in [3.05, 3.63) is 23.8 Å². The molecule has 0 bridgehead atoms. The van der Waals surface area contributed by atoms with Gasteiger partial charge < -0.3 is 15.6 Å². The molecule has 0 aliphatic carbocycles. The Morgan fingerprint density at radius 3 is 3.00 bits per heavy atom. The molecule has 0 saturated carbocycles. The highest BCUT2D eigenvalue weighted by molar-refractivity contribution is 5.96. The molecule has 0 fully saturated rings. The number of nitrogens with zero attached hydrogens (tertiary/aromatic N) is 2. The number of benzene rings is 1. The van der Waals surface area contributed by atoms with Gasteiger partial charge in [-0.25, -0.2) is 0 Å². The summed E-state index contributed by atoms with van der Waals surface area (Å²) >= 11 is 0. The van der Waals surface area contributed by atoms with Gasteiger partial charge in [-0.2, -0.15) is 4.98 Å². The third kappa shape index (κ3) is 2.07. The molecule has 2 rings (SSSR count). The van der Waals surface area contributed by atoms with E-state index in [4.69, 9.17) is 15.6 Å². The molecule has 6 nitrogen and oxygen atoms in total. The van der Waals surface area contributed by atoms with Crippen LogP contribution >= 0.6 is 0 Å². The monoisotopic (exact) mass is 235 g/mol. The van der Waals surface area contributed by atoms with E-state index in [0.29, 0.717) is 17.1 Å². The molecule has 17 heavy (non-hydrogen) atoms. The fourth-order valence-electron chi connectivity index (χ4n) is 1.59. The number of aliphatic hydroxyl groups is 1. The Morgan fingerprint density at radius 2 is 2.35 bits per heavy atom. The molecule has 0 spiro atoms. The van der Waals surface area contributed by atoms with Gasteiger partial charge >= 0.3 is 0 Å². The smallest absolute Gasteiger partial charge is 0.297 e. The maximum atomic E-state index is 11.1. The van der Waals surface area contributed by atoms with Crippen molar-refractivity contribution >= 4 is 16.9 Å². The van der Waals surface area contributed by atoms with Crippen molar-refractivity contribution in [1.82, 2.24) is 9.55 Å². The van der Waals surface area contributed by atoms with Crippen LogP contribution in [0.3, 0.4) is 0 Å². The Labute approximate surface area is 97.6 Å². The fourth-order valence-corrected chi connectivity index (χ4v) is 1.59. The van der Waals surface area contributed by atoms with Crippen molar-refractivity contribution in [1.29, 1.82) is 0 Å². The van der Waals surface area contributed by atoms with Crippen LogP contribution in [0.1, 0.15) is 10.4 Å². The average Bonchev–Trinajstić information content (AvgIpc) is 2.63. The van der Waals surface area contributed by atoms with Crippen LogP contribution in [0.5, 0.6) is 6.01 Å². The summed E-state index contributed by atoms with van der Waals surface area (Å²) in [5.74, 6) is -0.481. The number of hydrogen-bond acceptors (Lipinski definition) is 4. The van der Waals surface area contributed by atoms with E-state index in [0.717, 1.165) is 5.52 Å². The fraction of sp³-hybridized carbons (Fsp3) is 0.273. The first-order valence-corrected chi connectivity index (χ1v) is 5.13. The van der Waals surface area contributed by atoms with E-state index in [9.17, 15) is 4.79 Å². The molecule has 1 amide bonds. The van der Waals surface area contributed by atoms with Gasteiger partial charge in [0.05, 0.1) is 17.6 Å². The summed E-state index contributed by atoms with van der Waals surface area (Å²) in [6.45, 7) is 0.107. The lowest BCUT2D eigenvalue weighted by Gasteiger charge is -2.03. The van der Waals surface area contributed by atoms with E-state index in [1.54, 1.807) is 29.8 Å². The number of primary amides is 1. The summed E-state index contributed by atoms with van der Waals surface area (Å²) in [7, 11) is 1.77. The number of hydrogen-bond donors (Lipinski definition) is 2. The molecular weight excluding hydrogens is 222 g/mol. The minimum atomic E-state index is -0.481. The highest BCUT2D eigenvalue weighted by atomic mass is 16.5. The number of rotatable bonds is 4. The van der Waals surface area contributed by atoms with E-state index < -0.39 is 5.91 Å². The number of aromatic nitrogens is 2. The van der Waals surface area contributed by atoms with Gasteiger partial charge in [0.1, 0.15) is 6.61 Å². The van der Waals surface area contributed by atoms with Gasteiger partial charge in [-0.15, -0.1) is 0 Å². The van der Waals surface area contributed by atoms with Crippen LogP contribution in [0.2, 0.25) is 0 Å². The lowest BCUT2D eigenvalue weighted by atomic mass is 10.2. The Hall–Kier alpha value is -2.08. The standard InChI is InChI=1S/C11H13N3O3/c1-14-9-6-7(10(12)16)2-3-8(9)13-11(14)17-5-4-15/h2-3,6,15H,4-5H2,1H3,(H2,12,16). The molecule has 0 radical (unpaired) electrons. The summed E-state index contributed by atoms with van der Waals surface area (Å²) in [6, 6.07) is 5.39. The van der Waals surface area contributed by atoms with Crippen molar-refractivity contribution < 1.29 is 14.6 Å². The first kappa shape index (κ1) is 11.4. The Bertz CT molecular complexity index is 562. The Balaban J connectivity index is 2.47. The first-order chi connectivity index (χ1) is 8.13. The van der Waals surface area contributed by atoms with Crippen molar-refractivity contribution in [2.24, 2.45) is 12.8 Å². The van der Waals surface area contributed by atoms with Crippen LogP contribution in [0.4, 0.5) is 0 Å². The van der Waals surface area contributed by atoms with Crippen LogP contribution in [0.25, 0.3) is 11.0 Å². The summed E-state index contributed by atoms with van der Waals surface area (Å²) in [4.78, 5) is 15.3. The largest absolute Gasteiger partial charge is 0.462 e. The maximum Gasteiger partial charge on any atom is 0.297 e. The molecule has 1 aromatic heterocycles. The van der Waals surface area contributed by atoms with Crippen LogP contribution in [-0.4, -0.2) is 33.8 Å². The summed E-state index contributed by atoms with van der Waals surface area (Å²) in [5.41, 5.74) is 7.11. The quantitative estimate of drug-likeness (QED) is 0.783. The maximum absolute atomic E-state index is 11.1. The molecule has 90 valence electrons. The predicted octanol–water partition coefficient (Wildman–Crippen LogP) is 0.0433. The normalized spacial score (nSPS) is 10.7. The number of fused-ring (bicyclic) bond motifs is 1. The zero-order valence-electron chi connectivity index (χ0n) is 9.38. The van der Waals surface area contributed by atoms with Crippen molar-refractivity contribution in [3.63, 3.8) is 0 Å². The van der Waals surface area contributed by atoms with E-state index in [1.165, 1.54) is 0 Å². The molecule has 3 N–H and O–H groups in total. The zero-order valence-corrected chi connectivity index (χ0v) is 9.38. The molecular formula is C11H13N3O3. The topological polar surface area (TPSA) is 90.4 Å². The number of carbonyl (C=O) groups is 1. The second kappa shape index (κ2) is 4.42.